The topological polar surface area (TPSA) is 114 Å². The normalized spacial score (nSPS) is 17.1. The summed E-state index contributed by atoms with van der Waals surface area (Å²) in [5, 5.41) is 14.6. The standard InChI is InChI=1S/C26H30N2O6/c1-15(33-2)23(25(30)31)28-24(29)22(13-16-11-12-16)27-26(32)34-14-21-19-9-5-3-7-17(19)18-8-4-6-10-20(18)21/h3-10,15-16,21-23H,11-14H2,1-2H3,(H,27,32)(H,28,29)(H,30,31)/t15?,22-,23?/m0/s1. The first-order valence-electron chi connectivity index (χ1n) is 11.6. The first kappa shape index (κ1) is 23.8. The van der Waals surface area contributed by atoms with Gasteiger partial charge in [0.25, 0.3) is 0 Å². The minimum Gasteiger partial charge on any atom is -0.480 e. The number of carboxylic acid groups (broad SMARTS) is 1. The van der Waals surface area contributed by atoms with Gasteiger partial charge >= 0.3 is 12.1 Å². The molecule has 0 saturated heterocycles. The summed E-state index contributed by atoms with van der Waals surface area (Å²) in [5.74, 6) is -1.52. The molecule has 1 saturated carbocycles. The van der Waals surface area contributed by atoms with Crippen LogP contribution in [0.3, 0.4) is 0 Å². The van der Waals surface area contributed by atoms with Gasteiger partial charge in [0.15, 0.2) is 6.04 Å². The molecule has 1 fully saturated rings. The van der Waals surface area contributed by atoms with E-state index in [4.69, 9.17) is 9.47 Å². The van der Waals surface area contributed by atoms with Crippen molar-refractivity contribution >= 4 is 18.0 Å². The third kappa shape index (κ3) is 5.22. The number of hydrogen-bond acceptors (Lipinski definition) is 5. The lowest BCUT2D eigenvalue weighted by Crippen LogP contribution is -2.55. The highest BCUT2D eigenvalue weighted by atomic mass is 16.5. The van der Waals surface area contributed by atoms with Crippen LogP contribution in [0.2, 0.25) is 0 Å². The minimum absolute atomic E-state index is 0.0900. The molecule has 0 radical (unpaired) electrons. The van der Waals surface area contributed by atoms with Gasteiger partial charge in [0.1, 0.15) is 12.6 Å². The lowest BCUT2D eigenvalue weighted by Gasteiger charge is -2.24. The molecule has 2 amide bonds. The highest BCUT2D eigenvalue weighted by Gasteiger charge is 2.35. The maximum absolute atomic E-state index is 12.9. The van der Waals surface area contributed by atoms with Gasteiger partial charge in [0.05, 0.1) is 6.10 Å². The number of carboxylic acids is 1. The van der Waals surface area contributed by atoms with Crippen molar-refractivity contribution in [3.8, 4) is 11.1 Å². The summed E-state index contributed by atoms with van der Waals surface area (Å²) in [6.07, 6.45) is 0.968. The van der Waals surface area contributed by atoms with E-state index in [1.165, 1.54) is 7.11 Å². The second-order valence-corrected chi connectivity index (χ2v) is 8.97. The smallest absolute Gasteiger partial charge is 0.407 e. The Morgan fingerprint density at radius 3 is 2.12 bits per heavy atom. The second-order valence-electron chi connectivity index (χ2n) is 8.97. The van der Waals surface area contributed by atoms with Crippen molar-refractivity contribution < 1.29 is 29.0 Å². The molecule has 8 heteroatoms. The summed E-state index contributed by atoms with van der Waals surface area (Å²) in [7, 11) is 1.38. The average molecular weight is 467 g/mol. The quantitative estimate of drug-likeness (QED) is 0.495. The zero-order valence-electron chi connectivity index (χ0n) is 19.3. The van der Waals surface area contributed by atoms with Crippen molar-refractivity contribution in [1.82, 2.24) is 10.6 Å². The van der Waals surface area contributed by atoms with Crippen LogP contribution in [0.5, 0.6) is 0 Å². The van der Waals surface area contributed by atoms with E-state index < -0.39 is 36.2 Å². The van der Waals surface area contributed by atoms with E-state index in [2.05, 4.69) is 22.8 Å². The number of amides is 2. The number of alkyl carbamates (subject to hydrolysis) is 1. The van der Waals surface area contributed by atoms with Crippen molar-refractivity contribution in [2.24, 2.45) is 5.92 Å². The second kappa shape index (κ2) is 10.3. The molecule has 2 aliphatic carbocycles. The number of hydrogen-bond donors (Lipinski definition) is 3. The molecule has 0 bridgehead atoms. The van der Waals surface area contributed by atoms with E-state index in [1.807, 2.05) is 36.4 Å². The highest BCUT2D eigenvalue weighted by Crippen LogP contribution is 2.44. The van der Waals surface area contributed by atoms with Gasteiger partial charge in [-0.25, -0.2) is 9.59 Å². The molecule has 2 aromatic rings. The zero-order valence-corrected chi connectivity index (χ0v) is 19.3. The molecule has 8 nitrogen and oxygen atoms in total. The Kier molecular flexibility index (Phi) is 7.17. The number of nitrogens with one attached hydrogen (secondary N) is 2. The summed E-state index contributed by atoms with van der Waals surface area (Å²) < 4.78 is 10.6. The number of carbonyl (C=O) groups excluding carboxylic acids is 2. The van der Waals surface area contributed by atoms with Gasteiger partial charge in [-0.1, -0.05) is 61.4 Å². The first-order valence-corrected chi connectivity index (χ1v) is 11.6. The third-order valence-electron chi connectivity index (χ3n) is 6.62. The Morgan fingerprint density at radius 2 is 1.59 bits per heavy atom. The van der Waals surface area contributed by atoms with Crippen LogP contribution in [0, 0.1) is 5.92 Å². The maximum atomic E-state index is 12.9. The third-order valence-corrected chi connectivity index (χ3v) is 6.62. The summed E-state index contributed by atoms with van der Waals surface area (Å²) in [6, 6.07) is 14.0. The van der Waals surface area contributed by atoms with Gasteiger partial charge in [0.2, 0.25) is 5.91 Å². The van der Waals surface area contributed by atoms with Crippen LogP contribution in [0.15, 0.2) is 48.5 Å². The Bertz CT molecular complexity index is 1020. The molecule has 3 N–H and O–H groups in total. The lowest BCUT2D eigenvalue weighted by molar-refractivity contribution is -0.145. The van der Waals surface area contributed by atoms with Crippen molar-refractivity contribution in [1.29, 1.82) is 0 Å². The predicted octanol–water partition coefficient (Wildman–Crippen LogP) is 3.30. The van der Waals surface area contributed by atoms with Crippen LogP contribution in [-0.2, 0) is 19.1 Å². The van der Waals surface area contributed by atoms with Gasteiger partial charge in [-0.05, 0) is 41.5 Å². The Labute approximate surface area is 198 Å². The minimum atomic E-state index is -1.22. The molecule has 0 heterocycles. The molecule has 2 unspecified atom stereocenters. The van der Waals surface area contributed by atoms with E-state index in [0.717, 1.165) is 35.1 Å². The van der Waals surface area contributed by atoms with Gasteiger partial charge < -0.3 is 25.2 Å². The van der Waals surface area contributed by atoms with Crippen molar-refractivity contribution in [2.75, 3.05) is 13.7 Å². The number of benzene rings is 2. The summed E-state index contributed by atoms with van der Waals surface area (Å²) in [6.45, 7) is 1.70. The molecule has 4 rings (SSSR count). The summed E-state index contributed by atoms with van der Waals surface area (Å²) in [5.41, 5.74) is 4.46. The number of methoxy groups -OCH3 is 1. The van der Waals surface area contributed by atoms with Crippen molar-refractivity contribution in [3.63, 3.8) is 0 Å². The predicted molar refractivity (Wildman–Crippen MR) is 125 cm³/mol. The fourth-order valence-corrected chi connectivity index (χ4v) is 4.47. The van der Waals surface area contributed by atoms with Gasteiger partial charge in [-0.15, -0.1) is 0 Å². The van der Waals surface area contributed by atoms with Gasteiger partial charge in [-0.2, -0.15) is 0 Å². The van der Waals surface area contributed by atoms with Crippen LogP contribution in [-0.4, -0.2) is 55.0 Å². The Balaban J connectivity index is 1.41. The lowest BCUT2D eigenvalue weighted by atomic mass is 9.98. The molecular weight excluding hydrogens is 436 g/mol. The van der Waals surface area contributed by atoms with Crippen LogP contribution in [0.4, 0.5) is 4.79 Å². The molecule has 0 aliphatic heterocycles. The number of fused-ring (bicyclic) bond motifs is 3. The van der Waals surface area contributed by atoms with Gasteiger partial charge in [-0.3, -0.25) is 4.79 Å². The molecular formula is C26H30N2O6. The first-order chi connectivity index (χ1) is 16.4. The zero-order chi connectivity index (χ0) is 24.2. The number of aliphatic carboxylic acids is 1. The molecule has 0 aromatic heterocycles. The van der Waals surface area contributed by atoms with E-state index in [9.17, 15) is 19.5 Å². The van der Waals surface area contributed by atoms with Crippen LogP contribution in [0.25, 0.3) is 11.1 Å². The van der Waals surface area contributed by atoms with Gasteiger partial charge in [0, 0.05) is 13.0 Å². The molecule has 3 atom stereocenters. The summed E-state index contributed by atoms with van der Waals surface area (Å²) >= 11 is 0. The Hall–Kier alpha value is -3.39. The number of carbonyl (C=O) groups is 3. The van der Waals surface area contributed by atoms with Crippen LogP contribution >= 0.6 is 0 Å². The average Bonchev–Trinajstić information content (AvgIpc) is 3.60. The monoisotopic (exact) mass is 466 g/mol. The van der Waals surface area contributed by atoms with Crippen LogP contribution < -0.4 is 10.6 Å². The maximum Gasteiger partial charge on any atom is 0.407 e. The van der Waals surface area contributed by atoms with E-state index in [0.29, 0.717) is 12.3 Å². The highest BCUT2D eigenvalue weighted by molar-refractivity contribution is 5.89. The number of ether oxygens (including phenoxy) is 2. The van der Waals surface area contributed by atoms with E-state index in [-0.39, 0.29) is 12.5 Å². The fourth-order valence-electron chi connectivity index (χ4n) is 4.47. The Morgan fingerprint density at radius 1 is 1.00 bits per heavy atom. The van der Waals surface area contributed by atoms with E-state index in [1.54, 1.807) is 6.92 Å². The summed E-state index contributed by atoms with van der Waals surface area (Å²) in [4.78, 5) is 37.1. The van der Waals surface area contributed by atoms with E-state index >= 15 is 0 Å². The SMILES string of the molecule is COC(C)C(NC(=O)[C@H](CC1CC1)NC(=O)OCC1c2ccccc2-c2ccccc21)C(=O)O. The molecule has 34 heavy (non-hydrogen) atoms. The largest absolute Gasteiger partial charge is 0.480 e. The molecule has 2 aromatic carbocycles. The van der Waals surface area contributed by atoms with Crippen LogP contribution in [0.1, 0.15) is 43.2 Å². The molecule has 180 valence electrons. The molecule has 2 aliphatic rings. The number of rotatable bonds is 10. The van der Waals surface area contributed by atoms with Crippen molar-refractivity contribution in [3.05, 3.63) is 59.7 Å². The fraction of sp³-hybridized carbons (Fsp3) is 0.423. The van der Waals surface area contributed by atoms with Crippen molar-refractivity contribution in [2.45, 2.75) is 50.3 Å². The molecule has 0 spiro atoms.